The molecule has 0 aliphatic rings. The van der Waals surface area contributed by atoms with E-state index in [1.54, 1.807) is 30.3 Å². The third-order valence-corrected chi connectivity index (χ3v) is 5.42. The second kappa shape index (κ2) is 15.7. The Bertz CT molecular complexity index is 871. The number of carbonyl (C=O) groups is 5. The molecule has 1 aromatic rings. The zero-order chi connectivity index (χ0) is 26.4. The number of carboxylic acids is 2. The third-order valence-electron chi connectivity index (χ3n) is 5.02. The SMILES string of the molecule is NCCCCC(NC(=O)C(Cc1ccccc1)NC(=O)C(CC(=O)O)NC(=O)C(N)CS)C(=O)O. The zero-order valence-corrected chi connectivity index (χ0v) is 20.1. The van der Waals surface area contributed by atoms with Crippen molar-refractivity contribution in [3.63, 3.8) is 0 Å². The van der Waals surface area contributed by atoms with Gasteiger partial charge >= 0.3 is 11.9 Å². The molecule has 0 bridgehead atoms. The van der Waals surface area contributed by atoms with Crippen LogP contribution < -0.4 is 27.4 Å². The van der Waals surface area contributed by atoms with E-state index < -0.39 is 60.2 Å². The van der Waals surface area contributed by atoms with Crippen molar-refractivity contribution < 1.29 is 34.2 Å². The Morgan fingerprint density at radius 3 is 1.97 bits per heavy atom. The van der Waals surface area contributed by atoms with Gasteiger partial charge in [0.2, 0.25) is 17.7 Å². The Labute approximate surface area is 208 Å². The van der Waals surface area contributed by atoms with Crippen molar-refractivity contribution in [3.05, 3.63) is 35.9 Å². The highest BCUT2D eigenvalue weighted by atomic mass is 32.1. The fourth-order valence-corrected chi connectivity index (χ4v) is 3.27. The number of nitrogens with two attached hydrogens (primary N) is 2. The Morgan fingerprint density at radius 1 is 0.857 bits per heavy atom. The predicted molar refractivity (Wildman–Crippen MR) is 131 cm³/mol. The number of benzene rings is 1. The average Bonchev–Trinajstić information content (AvgIpc) is 2.82. The summed E-state index contributed by atoms with van der Waals surface area (Å²) >= 11 is 3.90. The number of thiol groups is 1. The van der Waals surface area contributed by atoms with Crippen molar-refractivity contribution >= 4 is 42.3 Å². The molecular formula is C22H33N5O7S. The van der Waals surface area contributed by atoms with Crippen LogP contribution in [0.4, 0.5) is 0 Å². The summed E-state index contributed by atoms with van der Waals surface area (Å²) in [5.41, 5.74) is 11.7. The fraction of sp³-hybridized carbons (Fsp3) is 0.500. The van der Waals surface area contributed by atoms with Crippen LogP contribution in [0.5, 0.6) is 0 Å². The molecule has 0 saturated carbocycles. The molecule has 12 nitrogen and oxygen atoms in total. The molecule has 0 fully saturated rings. The first-order valence-corrected chi connectivity index (χ1v) is 11.7. The quantitative estimate of drug-likeness (QED) is 0.0969. The summed E-state index contributed by atoms with van der Waals surface area (Å²) in [4.78, 5) is 60.9. The maximum absolute atomic E-state index is 13.0. The van der Waals surface area contributed by atoms with Gasteiger partial charge in [0.05, 0.1) is 12.5 Å². The van der Waals surface area contributed by atoms with E-state index >= 15 is 0 Å². The number of hydrogen-bond acceptors (Lipinski definition) is 8. The van der Waals surface area contributed by atoms with Crippen molar-refractivity contribution in [1.29, 1.82) is 0 Å². The number of carbonyl (C=O) groups excluding carboxylic acids is 3. The molecule has 0 aliphatic heterocycles. The minimum atomic E-state index is -1.52. The lowest BCUT2D eigenvalue weighted by atomic mass is 10.0. The van der Waals surface area contributed by atoms with Crippen LogP contribution in [-0.2, 0) is 30.4 Å². The molecule has 1 rings (SSSR count). The first-order valence-electron chi connectivity index (χ1n) is 11.0. The van der Waals surface area contributed by atoms with E-state index in [9.17, 15) is 34.2 Å². The molecule has 4 unspecified atom stereocenters. The zero-order valence-electron chi connectivity index (χ0n) is 19.2. The highest BCUT2D eigenvalue weighted by Gasteiger charge is 2.31. The number of carboxylic acid groups (broad SMARTS) is 2. The summed E-state index contributed by atoms with van der Waals surface area (Å²) in [5, 5.41) is 25.8. The van der Waals surface area contributed by atoms with Gasteiger partial charge in [0, 0.05) is 12.2 Å². The molecule has 35 heavy (non-hydrogen) atoms. The molecule has 0 heterocycles. The summed E-state index contributed by atoms with van der Waals surface area (Å²) < 4.78 is 0. The van der Waals surface area contributed by atoms with Crippen molar-refractivity contribution in [2.45, 2.75) is 56.3 Å². The van der Waals surface area contributed by atoms with Crippen molar-refractivity contribution in [1.82, 2.24) is 16.0 Å². The van der Waals surface area contributed by atoms with E-state index in [2.05, 4.69) is 28.6 Å². The molecule has 0 aromatic heterocycles. The lowest BCUT2D eigenvalue weighted by molar-refractivity contribution is -0.143. The van der Waals surface area contributed by atoms with E-state index in [1.807, 2.05) is 0 Å². The van der Waals surface area contributed by atoms with Crippen molar-refractivity contribution in [2.24, 2.45) is 11.5 Å². The minimum absolute atomic E-state index is 0.00254. The molecule has 194 valence electrons. The van der Waals surface area contributed by atoms with Crippen LogP contribution in [0.3, 0.4) is 0 Å². The van der Waals surface area contributed by atoms with Crippen LogP contribution in [0.15, 0.2) is 30.3 Å². The highest BCUT2D eigenvalue weighted by molar-refractivity contribution is 7.80. The van der Waals surface area contributed by atoms with Gasteiger partial charge in [-0.15, -0.1) is 0 Å². The number of hydrogen-bond donors (Lipinski definition) is 8. The average molecular weight is 512 g/mol. The van der Waals surface area contributed by atoms with Gasteiger partial charge in [0.15, 0.2) is 0 Å². The fourth-order valence-electron chi connectivity index (χ4n) is 3.10. The smallest absolute Gasteiger partial charge is 0.326 e. The van der Waals surface area contributed by atoms with Crippen molar-refractivity contribution in [2.75, 3.05) is 12.3 Å². The van der Waals surface area contributed by atoms with Crippen LogP contribution in [0.1, 0.15) is 31.2 Å². The molecule has 1 aromatic carbocycles. The summed E-state index contributed by atoms with van der Waals surface area (Å²) in [7, 11) is 0. The highest BCUT2D eigenvalue weighted by Crippen LogP contribution is 2.07. The number of nitrogens with one attached hydrogen (secondary N) is 3. The summed E-state index contributed by atoms with van der Waals surface area (Å²) in [5.74, 6) is -5.12. The third kappa shape index (κ3) is 11.2. The first-order chi connectivity index (χ1) is 16.6. The number of amides is 3. The Hall–Kier alpha value is -3.16. The van der Waals surface area contributed by atoms with Crippen LogP contribution in [0.25, 0.3) is 0 Å². The summed E-state index contributed by atoms with van der Waals surface area (Å²) in [6.45, 7) is 0.376. The van der Waals surface area contributed by atoms with E-state index in [0.29, 0.717) is 24.9 Å². The van der Waals surface area contributed by atoms with Gasteiger partial charge in [-0.05, 0) is 31.4 Å². The monoisotopic (exact) mass is 511 g/mol. The molecule has 0 saturated heterocycles. The number of aliphatic carboxylic acids is 2. The van der Waals surface area contributed by atoms with Gasteiger partial charge in [-0.3, -0.25) is 19.2 Å². The summed E-state index contributed by atoms with van der Waals surface area (Å²) in [6.07, 6.45) is 0.435. The van der Waals surface area contributed by atoms with Crippen molar-refractivity contribution in [3.8, 4) is 0 Å². The standard InChI is InChI=1S/C22H33N5O7S/c23-9-5-4-8-15(22(33)34)25-20(31)16(10-13-6-2-1-3-7-13)27-21(32)17(11-18(28)29)26-19(30)14(24)12-35/h1-3,6-7,14-17,35H,4-5,8-12,23-24H2,(H,25,31)(H,26,30)(H,27,32)(H,28,29)(H,33,34). The normalized spacial score (nSPS) is 14.1. The van der Waals surface area contributed by atoms with Gasteiger partial charge < -0.3 is 37.6 Å². The number of rotatable bonds is 16. The lowest BCUT2D eigenvalue weighted by Gasteiger charge is -2.24. The minimum Gasteiger partial charge on any atom is -0.481 e. The molecule has 0 aliphatic carbocycles. The van der Waals surface area contributed by atoms with E-state index in [0.717, 1.165) is 0 Å². The largest absolute Gasteiger partial charge is 0.481 e. The molecule has 13 heteroatoms. The van der Waals surface area contributed by atoms with Gasteiger partial charge in [0.1, 0.15) is 18.1 Å². The first kappa shape index (κ1) is 29.9. The van der Waals surface area contributed by atoms with Crippen LogP contribution in [-0.4, -0.2) is 76.3 Å². The van der Waals surface area contributed by atoms with Crippen LogP contribution in [0.2, 0.25) is 0 Å². The second-order valence-corrected chi connectivity index (χ2v) is 8.25. The van der Waals surface area contributed by atoms with Gasteiger partial charge in [-0.2, -0.15) is 12.6 Å². The molecule has 0 radical (unpaired) electrons. The maximum atomic E-state index is 13.0. The Kier molecular flexibility index (Phi) is 13.4. The van der Waals surface area contributed by atoms with E-state index in [1.165, 1.54) is 0 Å². The molecule has 3 amide bonds. The Morgan fingerprint density at radius 2 is 1.43 bits per heavy atom. The molecule has 0 spiro atoms. The van der Waals surface area contributed by atoms with E-state index in [-0.39, 0.29) is 18.6 Å². The molecule has 4 atom stereocenters. The van der Waals surface area contributed by atoms with Gasteiger partial charge in [-0.25, -0.2) is 4.79 Å². The topological polar surface area (TPSA) is 214 Å². The van der Waals surface area contributed by atoms with Crippen LogP contribution >= 0.6 is 12.6 Å². The van der Waals surface area contributed by atoms with Gasteiger partial charge in [-0.1, -0.05) is 30.3 Å². The van der Waals surface area contributed by atoms with E-state index in [4.69, 9.17) is 11.5 Å². The molecular weight excluding hydrogens is 478 g/mol. The molecule has 9 N–H and O–H groups in total. The maximum Gasteiger partial charge on any atom is 0.326 e. The second-order valence-electron chi connectivity index (χ2n) is 7.88. The predicted octanol–water partition coefficient (Wildman–Crippen LogP) is -1.37. The lowest BCUT2D eigenvalue weighted by Crippen LogP contribution is -2.58. The van der Waals surface area contributed by atoms with Crippen LogP contribution in [0, 0.1) is 0 Å². The number of unbranched alkanes of at least 4 members (excludes halogenated alkanes) is 1. The Balaban J connectivity index is 3.09. The summed E-state index contributed by atoms with van der Waals surface area (Å²) in [6, 6.07) is 3.61. The van der Waals surface area contributed by atoms with Gasteiger partial charge in [0.25, 0.3) is 0 Å².